The van der Waals surface area contributed by atoms with E-state index in [0.29, 0.717) is 55.5 Å². The molecule has 0 bridgehead atoms. The maximum atomic E-state index is 14.3. The van der Waals surface area contributed by atoms with Crippen molar-refractivity contribution >= 4 is 33.4 Å². The van der Waals surface area contributed by atoms with E-state index in [9.17, 15) is 26.4 Å². The molecule has 1 aromatic heterocycles. The Balaban J connectivity index is 1.03. The van der Waals surface area contributed by atoms with Gasteiger partial charge in [-0.25, -0.2) is 8.42 Å². The number of anilines is 1. The Morgan fingerprint density at radius 1 is 0.868 bits per heavy atom. The maximum Gasteiger partial charge on any atom is 0.417 e. The number of likely N-dealkylation sites (tertiary alicyclic amines) is 2. The fraction of sp³-hybridized carbons (Fsp3) is 0.579. The number of carbonyl (C=O) groups is 1. The number of hydrogen-bond donors (Lipinski definition) is 0. The van der Waals surface area contributed by atoms with Crippen molar-refractivity contribution in [3.8, 4) is 11.3 Å². The lowest BCUT2D eigenvalue weighted by molar-refractivity contribution is -0.139. The summed E-state index contributed by atoms with van der Waals surface area (Å²) in [7, 11) is -3.48. The van der Waals surface area contributed by atoms with Crippen LogP contribution in [0.4, 0.5) is 18.9 Å². The number of thioether (sulfide) groups is 1. The highest BCUT2D eigenvalue weighted by Crippen LogP contribution is 2.40. The predicted octanol–water partition coefficient (Wildman–Crippen LogP) is 5.28. The van der Waals surface area contributed by atoms with Crippen LogP contribution in [0.25, 0.3) is 11.3 Å². The molecule has 7 rings (SSSR count). The largest absolute Gasteiger partial charge is 0.417 e. The van der Waals surface area contributed by atoms with Crippen molar-refractivity contribution < 1.29 is 26.4 Å². The van der Waals surface area contributed by atoms with E-state index < -0.39 is 21.8 Å². The minimum atomic E-state index is -4.51. The van der Waals surface area contributed by atoms with Crippen LogP contribution < -0.4 is 4.90 Å². The van der Waals surface area contributed by atoms with Gasteiger partial charge in [0.1, 0.15) is 0 Å². The summed E-state index contributed by atoms with van der Waals surface area (Å²) in [5, 5.41) is 4.98. The molecule has 0 unspecified atom stereocenters. The lowest BCUT2D eigenvalue weighted by Crippen LogP contribution is -2.47. The van der Waals surface area contributed by atoms with Gasteiger partial charge in [-0.1, -0.05) is 24.3 Å². The fourth-order valence-electron chi connectivity index (χ4n) is 8.30. The zero-order chi connectivity index (χ0) is 37.2. The molecular weight excluding hydrogens is 724 g/mol. The topological polar surface area (TPSA) is 85.2 Å². The van der Waals surface area contributed by atoms with Crippen molar-refractivity contribution in [3.63, 3.8) is 0 Å². The van der Waals surface area contributed by atoms with E-state index in [1.54, 1.807) is 6.07 Å². The summed E-state index contributed by atoms with van der Waals surface area (Å²) in [6, 6.07) is 14.8. The van der Waals surface area contributed by atoms with Crippen LogP contribution in [-0.2, 0) is 40.5 Å². The van der Waals surface area contributed by atoms with Crippen LogP contribution in [0.3, 0.4) is 0 Å². The van der Waals surface area contributed by atoms with E-state index in [4.69, 9.17) is 5.10 Å². The monoisotopic (exact) mass is 773 g/mol. The van der Waals surface area contributed by atoms with Gasteiger partial charge in [-0.2, -0.15) is 22.6 Å². The number of piperidine rings is 1. The Morgan fingerprint density at radius 2 is 1.60 bits per heavy atom. The van der Waals surface area contributed by atoms with E-state index in [2.05, 4.69) is 31.7 Å². The van der Waals surface area contributed by atoms with Crippen LogP contribution in [0.2, 0.25) is 0 Å². The number of amides is 1. The lowest BCUT2D eigenvalue weighted by Gasteiger charge is -2.36. The number of carbonyl (C=O) groups excluding carboxylic acids is 1. The van der Waals surface area contributed by atoms with Gasteiger partial charge in [-0.15, -0.1) is 11.8 Å². The van der Waals surface area contributed by atoms with Crippen molar-refractivity contribution in [2.75, 3.05) is 82.4 Å². The molecule has 4 aliphatic heterocycles. The van der Waals surface area contributed by atoms with Crippen LogP contribution in [0.1, 0.15) is 48.9 Å². The molecule has 10 nitrogen and oxygen atoms in total. The standard InChI is InChI=1S/C38H50F3N7O3S2/c1-53(50,51)46-20-14-34-32(28-46)37(42-48(34)17-6-15-43-18-12-31(13-19-43)47-16-5-9-36(47)49)29-10-11-33(38(39,40)41)35(27-29)52-26-25-44-21-23-45(24-22-44)30-7-3-2-4-8-30/h2-4,7-8,10-11,27,31H,5-6,9,12-26,28H2,1H3. The number of piperazine rings is 1. The Labute approximate surface area is 315 Å². The van der Waals surface area contributed by atoms with Crippen molar-refractivity contribution in [1.29, 1.82) is 0 Å². The minimum absolute atomic E-state index is 0.144. The molecule has 0 spiro atoms. The summed E-state index contributed by atoms with van der Waals surface area (Å²) in [6.45, 7) is 8.86. The van der Waals surface area contributed by atoms with Crippen LogP contribution in [-0.4, -0.2) is 127 Å². The molecule has 288 valence electrons. The number of hydrogen-bond acceptors (Lipinski definition) is 8. The van der Waals surface area contributed by atoms with Gasteiger partial charge in [0.2, 0.25) is 15.9 Å². The van der Waals surface area contributed by atoms with Crippen LogP contribution in [0.15, 0.2) is 53.4 Å². The zero-order valence-corrected chi connectivity index (χ0v) is 32.1. The van der Waals surface area contributed by atoms with Gasteiger partial charge in [-0.3, -0.25) is 14.4 Å². The minimum Gasteiger partial charge on any atom is -0.369 e. The highest BCUT2D eigenvalue weighted by atomic mass is 32.2. The normalized spacial score (nSPS) is 20.0. The summed E-state index contributed by atoms with van der Waals surface area (Å²) in [5.41, 5.74) is 3.37. The first kappa shape index (κ1) is 38.2. The van der Waals surface area contributed by atoms with E-state index in [1.807, 2.05) is 22.9 Å². The third-order valence-corrected chi connectivity index (χ3v) is 13.5. The number of alkyl halides is 3. The molecule has 2 aromatic carbocycles. The number of nitrogens with zero attached hydrogens (tertiary/aromatic N) is 7. The molecule has 1 amide bonds. The molecule has 15 heteroatoms. The molecule has 0 atom stereocenters. The molecule has 0 N–H and O–H groups in total. The molecule has 4 aliphatic rings. The molecule has 0 aliphatic carbocycles. The third-order valence-electron chi connectivity index (χ3n) is 11.2. The van der Waals surface area contributed by atoms with E-state index in [0.717, 1.165) is 95.4 Å². The molecule has 3 fully saturated rings. The second-order valence-corrected chi connectivity index (χ2v) is 17.8. The highest BCUT2D eigenvalue weighted by molar-refractivity contribution is 7.99. The van der Waals surface area contributed by atoms with E-state index in [1.165, 1.54) is 34.1 Å². The van der Waals surface area contributed by atoms with Gasteiger partial charge >= 0.3 is 6.18 Å². The average molecular weight is 774 g/mol. The summed E-state index contributed by atoms with van der Waals surface area (Å²) >= 11 is 1.22. The van der Waals surface area contributed by atoms with Crippen molar-refractivity contribution in [3.05, 3.63) is 65.4 Å². The van der Waals surface area contributed by atoms with E-state index in [-0.39, 0.29) is 17.3 Å². The smallest absolute Gasteiger partial charge is 0.369 e. The molecule has 5 heterocycles. The molecule has 0 radical (unpaired) electrons. The van der Waals surface area contributed by atoms with Crippen LogP contribution in [0.5, 0.6) is 0 Å². The van der Waals surface area contributed by atoms with E-state index >= 15 is 0 Å². The number of rotatable bonds is 12. The quantitative estimate of drug-likeness (QED) is 0.230. The summed E-state index contributed by atoms with van der Waals surface area (Å²) in [4.78, 5) is 21.5. The van der Waals surface area contributed by atoms with Crippen molar-refractivity contribution in [2.45, 2.75) is 68.7 Å². The number of fused-ring (bicyclic) bond motifs is 1. The average Bonchev–Trinajstić information content (AvgIpc) is 3.74. The Hall–Kier alpha value is -3.11. The SMILES string of the molecule is CS(=O)(=O)N1CCc2c(c(-c3ccc(C(F)(F)F)c(SCCN4CCN(c5ccccc5)CC4)c3)nn2CCCN2CCC(N3CCCC3=O)CC2)C1. The number of sulfonamides is 1. The van der Waals surface area contributed by atoms with Gasteiger partial charge in [0.05, 0.1) is 17.5 Å². The number of aryl methyl sites for hydroxylation is 1. The van der Waals surface area contributed by atoms with Crippen LogP contribution >= 0.6 is 11.8 Å². The Kier molecular flexibility index (Phi) is 11.8. The molecule has 3 saturated heterocycles. The number of benzene rings is 2. The second kappa shape index (κ2) is 16.3. The number of para-hydroxylation sites is 1. The molecular formula is C38H50F3N7O3S2. The summed E-state index contributed by atoms with van der Waals surface area (Å²) < 4.78 is 71.5. The zero-order valence-electron chi connectivity index (χ0n) is 30.4. The van der Waals surface area contributed by atoms with Gasteiger partial charge in [-0.05, 0) is 56.5 Å². The molecule has 53 heavy (non-hydrogen) atoms. The van der Waals surface area contributed by atoms with Crippen molar-refractivity contribution in [2.24, 2.45) is 0 Å². The van der Waals surface area contributed by atoms with Gasteiger partial charge in [0.15, 0.2) is 0 Å². The third kappa shape index (κ3) is 9.07. The van der Waals surface area contributed by atoms with Gasteiger partial charge < -0.3 is 14.7 Å². The summed E-state index contributed by atoms with van der Waals surface area (Å²) in [5.74, 6) is 0.794. The highest BCUT2D eigenvalue weighted by Gasteiger charge is 2.35. The number of halogens is 3. The van der Waals surface area contributed by atoms with Crippen molar-refractivity contribution in [1.82, 2.24) is 28.8 Å². The first-order valence-electron chi connectivity index (χ1n) is 18.9. The Morgan fingerprint density at radius 3 is 2.28 bits per heavy atom. The predicted molar refractivity (Wildman–Crippen MR) is 202 cm³/mol. The first-order valence-corrected chi connectivity index (χ1v) is 21.7. The maximum absolute atomic E-state index is 14.3. The van der Waals surface area contributed by atoms with Gasteiger partial charge in [0, 0.05) is 124 Å². The Bertz CT molecular complexity index is 1840. The fourth-order valence-corrected chi connectivity index (χ4v) is 10.2. The summed E-state index contributed by atoms with van der Waals surface area (Å²) in [6.07, 6.45) is 1.60. The van der Waals surface area contributed by atoms with Gasteiger partial charge in [0.25, 0.3) is 0 Å². The lowest BCUT2D eigenvalue weighted by atomic mass is 10.0. The first-order chi connectivity index (χ1) is 25.4. The molecule has 3 aromatic rings. The molecule has 0 saturated carbocycles. The number of aromatic nitrogens is 2. The second-order valence-electron chi connectivity index (χ2n) is 14.7. The van der Waals surface area contributed by atoms with Crippen LogP contribution in [0, 0.1) is 0 Å².